The largest absolute Gasteiger partial charge is 0.384 e. The van der Waals surface area contributed by atoms with Gasteiger partial charge < -0.3 is 15.7 Å². The first-order chi connectivity index (χ1) is 13.0. The second kappa shape index (κ2) is 8.35. The molecule has 142 valence electrons. The van der Waals surface area contributed by atoms with Gasteiger partial charge in [-0.1, -0.05) is 67.4 Å². The van der Waals surface area contributed by atoms with Crippen LogP contribution in [0.4, 0.5) is 0 Å². The molecule has 27 heavy (non-hydrogen) atoms. The lowest BCUT2D eigenvalue weighted by molar-refractivity contribution is -0.140. The van der Waals surface area contributed by atoms with Crippen molar-refractivity contribution in [2.24, 2.45) is 0 Å². The van der Waals surface area contributed by atoms with E-state index in [1.165, 1.54) is 0 Å². The van der Waals surface area contributed by atoms with E-state index in [4.69, 9.17) is 0 Å². The maximum Gasteiger partial charge on any atom is 0.309 e. The van der Waals surface area contributed by atoms with Crippen LogP contribution < -0.4 is 10.6 Å². The van der Waals surface area contributed by atoms with Crippen molar-refractivity contribution in [3.63, 3.8) is 0 Å². The molecule has 1 aliphatic rings. The van der Waals surface area contributed by atoms with Crippen LogP contribution in [0.2, 0.25) is 0 Å². The van der Waals surface area contributed by atoms with E-state index in [-0.39, 0.29) is 12.6 Å². The Morgan fingerprint density at radius 3 is 2.19 bits per heavy atom. The lowest BCUT2D eigenvalue weighted by Gasteiger charge is -2.24. The van der Waals surface area contributed by atoms with Crippen molar-refractivity contribution in [2.75, 3.05) is 6.54 Å². The van der Waals surface area contributed by atoms with E-state index in [1.807, 2.05) is 54.6 Å². The predicted octanol–water partition coefficient (Wildman–Crippen LogP) is 2.74. The summed E-state index contributed by atoms with van der Waals surface area (Å²) in [5.74, 6) is -1.33. The third kappa shape index (κ3) is 4.95. The third-order valence-corrected chi connectivity index (χ3v) is 5.10. The van der Waals surface area contributed by atoms with E-state index in [0.29, 0.717) is 5.56 Å². The van der Waals surface area contributed by atoms with E-state index in [2.05, 4.69) is 10.6 Å². The molecule has 0 aliphatic heterocycles. The van der Waals surface area contributed by atoms with Crippen LogP contribution in [-0.2, 0) is 15.2 Å². The zero-order valence-electron chi connectivity index (χ0n) is 15.6. The molecule has 3 N–H and O–H groups in total. The number of benzene rings is 2. The Bertz CT molecular complexity index is 779. The van der Waals surface area contributed by atoms with Gasteiger partial charge in [-0.05, 0) is 36.5 Å². The van der Waals surface area contributed by atoms with Crippen LogP contribution in [0.3, 0.4) is 0 Å². The number of aliphatic hydroxyl groups is 1. The van der Waals surface area contributed by atoms with E-state index >= 15 is 0 Å². The van der Waals surface area contributed by atoms with Crippen molar-refractivity contribution in [2.45, 2.75) is 44.2 Å². The summed E-state index contributed by atoms with van der Waals surface area (Å²) in [7, 11) is 0. The minimum atomic E-state index is -1.27. The summed E-state index contributed by atoms with van der Waals surface area (Å²) in [6.45, 7) is 1.59. The lowest BCUT2D eigenvalue weighted by Crippen LogP contribution is -2.47. The zero-order chi connectivity index (χ0) is 19.3. The summed E-state index contributed by atoms with van der Waals surface area (Å²) >= 11 is 0. The van der Waals surface area contributed by atoms with Crippen molar-refractivity contribution in [3.8, 4) is 11.1 Å². The Balaban J connectivity index is 1.57. The van der Waals surface area contributed by atoms with Gasteiger partial charge in [-0.15, -0.1) is 0 Å². The van der Waals surface area contributed by atoms with Gasteiger partial charge in [-0.2, -0.15) is 0 Å². The molecular weight excluding hydrogens is 340 g/mol. The Morgan fingerprint density at radius 1 is 0.963 bits per heavy atom. The molecule has 3 rings (SSSR count). The van der Waals surface area contributed by atoms with Gasteiger partial charge in [0.05, 0.1) is 6.54 Å². The molecule has 5 heteroatoms. The van der Waals surface area contributed by atoms with Gasteiger partial charge in [-0.25, -0.2) is 0 Å². The fourth-order valence-corrected chi connectivity index (χ4v) is 3.41. The Kier molecular flexibility index (Phi) is 5.91. The minimum Gasteiger partial charge on any atom is -0.384 e. The molecule has 2 amide bonds. The highest BCUT2D eigenvalue weighted by Crippen LogP contribution is 2.24. The number of hydrogen-bond acceptors (Lipinski definition) is 3. The molecule has 1 aliphatic carbocycles. The molecule has 5 nitrogen and oxygen atoms in total. The average molecular weight is 366 g/mol. The molecule has 0 aromatic heterocycles. The normalized spacial score (nSPS) is 16.5. The van der Waals surface area contributed by atoms with Crippen molar-refractivity contribution >= 4 is 11.8 Å². The standard InChI is InChI=1S/C22H26N2O3/c1-22(27,15-23-20(25)21(26)24-19-9-5-6-10-19)18-13-11-17(12-14-18)16-7-3-2-4-8-16/h2-4,7-8,11-14,19,27H,5-6,9-10,15H2,1H3,(H,23,25)(H,24,26). The lowest BCUT2D eigenvalue weighted by atomic mass is 9.93. The van der Waals surface area contributed by atoms with Crippen LogP contribution in [0.1, 0.15) is 38.2 Å². The molecule has 0 radical (unpaired) electrons. The fraction of sp³-hybridized carbons (Fsp3) is 0.364. The summed E-state index contributed by atoms with van der Waals surface area (Å²) in [6, 6.07) is 17.6. The van der Waals surface area contributed by atoms with Gasteiger partial charge in [0.15, 0.2) is 0 Å². The molecule has 0 saturated heterocycles. The first-order valence-electron chi connectivity index (χ1n) is 9.43. The van der Waals surface area contributed by atoms with Gasteiger partial charge in [0.25, 0.3) is 0 Å². The van der Waals surface area contributed by atoms with Gasteiger partial charge in [-0.3, -0.25) is 9.59 Å². The number of rotatable bonds is 5. The van der Waals surface area contributed by atoms with Crippen molar-refractivity contribution in [3.05, 3.63) is 60.2 Å². The van der Waals surface area contributed by atoms with Crippen LogP contribution in [0.15, 0.2) is 54.6 Å². The molecule has 0 heterocycles. The second-order valence-corrected chi connectivity index (χ2v) is 7.35. The van der Waals surface area contributed by atoms with E-state index in [0.717, 1.165) is 36.8 Å². The molecule has 1 unspecified atom stereocenters. The van der Waals surface area contributed by atoms with Crippen molar-refractivity contribution in [1.29, 1.82) is 0 Å². The van der Waals surface area contributed by atoms with E-state index in [1.54, 1.807) is 6.92 Å². The highest BCUT2D eigenvalue weighted by Gasteiger charge is 2.26. The van der Waals surface area contributed by atoms with Crippen LogP contribution in [0.25, 0.3) is 11.1 Å². The van der Waals surface area contributed by atoms with Crippen LogP contribution in [-0.4, -0.2) is 29.5 Å². The number of carbonyl (C=O) groups excluding carboxylic acids is 2. The van der Waals surface area contributed by atoms with Crippen LogP contribution in [0.5, 0.6) is 0 Å². The van der Waals surface area contributed by atoms with Gasteiger partial charge in [0.2, 0.25) is 0 Å². The molecule has 1 saturated carbocycles. The van der Waals surface area contributed by atoms with Gasteiger partial charge >= 0.3 is 11.8 Å². The first kappa shape index (κ1) is 19.1. The third-order valence-electron chi connectivity index (χ3n) is 5.10. The Morgan fingerprint density at radius 2 is 1.56 bits per heavy atom. The van der Waals surface area contributed by atoms with Crippen molar-refractivity contribution < 1.29 is 14.7 Å². The average Bonchev–Trinajstić information content (AvgIpc) is 3.20. The maximum absolute atomic E-state index is 12.0. The van der Waals surface area contributed by atoms with Gasteiger partial charge in [0.1, 0.15) is 5.60 Å². The summed E-state index contributed by atoms with van der Waals surface area (Å²) in [6.07, 6.45) is 4.01. The highest BCUT2D eigenvalue weighted by molar-refractivity contribution is 6.35. The quantitative estimate of drug-likeness (QED) is 0.712. The number of carbonyl (C=O) groups is 2. The topological polar surface area (TPSA) is 78.4 Å². The number of nitrogens with one attached hydrogen (secondary N) is 2. The van der Waals surface area contributed by atoms with Crippen LogP contribution >= 0.6 is 0 Å². The summed E-state index contributed by atoms with van der Waals surface area (Å²) in [5, 5.41) is 16.0. The molecule has 1 atom stereocenters. The molecule has 0 bridgehead atoms. The molecule has 1 fully saturated rings. The molecule has 0 spiro atoms. The van der Waals surface area contributed by atoms with E-state index < -0.39 is 17.4 Å². The SMILES string of the molecule is CC(O)(CNC(=O)C(=O)NC1CCCC1)c1ccc(-c2ccccc2)cc1. The Labute approximate surface area is 159 Å². The van der Waals surface area contributed by atoms with Crippen molar-refractivity contribution in [1.82, 2.24) is 10.6 Å². The highest BCUT2D eigenvalue weighted by atomic mass is 16.3. The smallest absolute Gasteiger partial charge is 0.309 e. The van der Waals surface area contributed by atoms with Gasteiger partial charge in [0, 0.05) is 6.04 Å². The molecule has 2 aromatic carbocycles. The summed E-state index contributed by atoms with van der Waals surface area (Å²) in [4.78, 5) is 24.0. The first-order valence-corrected chi connectivity index (χ1v) is 9.43. The second-order valence-electron chi connectivity index (χ2n) is 7.35. The molecular formula is C22H26N2O3. The fourth-order valence-electron chi connectivity index (χ4n) is 3.41. The summed E-state index contributed by atoms with van der Waals surface area (Å²) < 4.78 is 0. The number of amides is 2. The predicted molar refractivity (Wildman–Crippen MR) is 105 cm³/mol. The van der Waals surface area contributed by atoms with Crippen LogP contribution in [0, 0.1) is 0 Å². The van der Waals surface area contributed by atoms with E-state index in [9.17, 15) is 14.7 Å². The maximum atomic E-state index is 12.0. The Hall–Kier alpha value is -2.66. The zero-order valence-corrected chi connectivity index (χ0v) is 15.6. The monoisotopic (exact) mass is 366 g/mol. The number of hydrogen-bond donors (Lipinski definition) is 3. The summed E-state index contributed by atoms with van der Waals surface area (Å²) in [5.41, 5.74) is 1.56. The molecule has 2 aromatic rings. The minimum absolute atomic E-state index is 0.0331.